The Hall–Kier alpha value is -2.46. The van der Waals surface area contributed by atoms with Crippen molar-refractivity contribution in [3.8, 4) is 0 Å². The molecule has 3 N–H and O–H groups in total. The molecule has 0 bridgehead atoms. The SMILES string of the molecule is CCCCCC/C=C\C=C/CCCCCCCC(=O)O[C@H](COC(=O)CCCCCCCCCCCCCCCC(C)C)COP(=O)(O)OCC(O)COP(=O)(O)OC[C@@H](COC(=O)CCCCCCCCCC(C)C)OC(=O)CCCCCCCCCCC(C)C. The van der Waals surface area contributed by atoms with Crippen LogP contribution in [0, 0.1) is 17.8 Å². The Morgan fingerprint density at radius 2 is 0.587 bits per heavy atom. The molecule has 0 saturated carbocycles. The maximum atomic E-state index is 13.0. The molecule has 0 heterocycles. The molecule has 0 rings (SSSR count). The highest BCUT2D eigenvalue weighted by atomic mass is 31.2. The zero-order chi connectivity index (χ0) is 68.0. The number of aliphatic hydroxyl groups is 1. The average molecular weight is 1350 g/mol. The van der Waals surface area contributed by atoms with E-state index in [0.29, 0.717) is 37.5 Å². The second-order valence-electron chi connectivity index (χ2n) is 27.1. The number of esters is 4. The van der Waals surface area contributed by atoms with Gasteiger partial charge in [0.2, 0.25) is 0 Å². The fraction of sp³-hybridized carbons (Fsp3) is 0.890. The molecule has 0 aliphatic carbocycles. The van der Waals surface area contributed by atoms with Crippen LogP contribution in [0.15, 0.2) is 24.3 Å². The molecular formula is C73H138O17P2. The first-order valence-electron chi connectivity index (χ1n) is 37.2. The topological polar surface area (TPSA) is 237 Å². The van der Waals surface area contributed by atoms with Crippen LogP contribution in [0.5, 0.6) is 0 Å². The van der Waals surface area contributed by atoms with Crippen molar-refractivity contribution < 1.29 is 80.2 Å². The van der Waals surface area contributed by atoms with Crippen LogP contribution in [0.25, 0.3) is 0 Å². The van der Waals surface area contributed by atoms with E-state index in [9.17, 15) is 43.2 Å². The third-order valence-corrected chi connectivity index (χ3v) is 18.2. The van der Waals surface area contributed by atoms with E-state index in [2.05, 4.69) is 72.8 Å². The van der Waals surface area contributed by atoms with E-state index in [1.165, 1.54) is 135 Å². The van der Waals surface area contributed by atoms with E-state index < -0.39 is 97.5 Å². The van der Waals surface area contributed by atoms with Crippen LogP contribution in [0.4, 0.5) is 0 Å². The van der Waals surface area contributed by atoms with Gasteiger partial charge in [0.1, 0.15) is 19.3 Å². The minimum atomic E-state index is -4.96. The zero-order valence-corrected chi connectivity index (χ0v) is 61.3. The van der Waals surface area contributed by atoms with Crippen molar-refractivity contribution in [2.75, 3.05) is 39.6 Å². The smallest absolute Gasteiger partial charge is 0.462 e. The number of rotatable bonds is 69. The molecule has 19 heteroatoms. The highest BCUT2D eigenvalue weighted by Crippen LogP contribution is 2.45. The fourth-order valence-electron chi connectivity index (χ4n) is 10.5. The van der Waals surface area contributed by atoms with Crippen LogP contribution in [0.3, 0.4) is 0 Å². The molecule has 17 nitrogen and oxygen atoms in total. The van der Waals surface area contributed by atoms with Gasteiger partial charge in [0.05, 0.1) is 26.4 Å². The minimum Gasteiger partial charge on any atom is -0.462 e. The van der Waals surface area contributed by atoms with Crippen molar-refractivity contribution in [1.82, 2.24) is 0 Å². The first-order chi connectivity index (χ1) is 44.2. The standard InChI is InChI=1S/C73H138O17P2/c1-8-9-10-11-12-13-14-15-16-19-23-26-34-42-49-56-72(77)89-68(60-83-70(75)54-47-40-33-25-22-20-17-18-21-24-30-37-44-51-64(2)3)62-87-91(79,80)85-58-67(74)59-86-92(81,82)88-63-69(61-84-71(76)55-48-41-36-29-32-39-46-53-66(6)7)90-73(78)57-50-43-35-28-27-31-38-45-52-65(4)5/h13-16,64-69,74H,8-12,17-63H2,1-7H3,(H,79,80)(H,81,82)/b14-13-,16-15-/t67?,68-,69-/m1/s1. The summed E-state index contributed by atoms with van der Waals surface area (Å²) in [6.07, 6.45) is 50.9. The molecule has 0 spiro atoms. The maximum Gasteiger partial charge on any atom is 0.472 e. The lowest BCUT2D eigenvalue weighted by Crippen LogP contribution is -2.30. The highest BCUT2D eigenvalue weighted by molar-refractivity contribution is 7.47. The summed E-state index contributed by atoms with van der Waals surface area (Å²) in [5.74, 6) is 0.0536. The number of allylic oxidation sites excluding steroid dienone is 4. The van der Waals surface area contributed by atoms with Gasteiger partial charge in [0.15, 0.2) is 12.2 Å². The van der Waals surface area contributed by atoms with Crippen LogP contribution in [0.1, 0.15) is 344 Å². The first kappa shape index (κ1) is 89.5. The van der Waals surface area contributed by atoms with Gasteiger partial charge in [-0.25, -0.2) is 9.13 Å². The number of unbranched alkanes of at least 4 members (excludes halogenated alkanes) is 34. The lowest BCUT2D eigenvalue weighted by molar-refractivity contribution is -0.161. The van der Waals surface area contributed by atoms with Crippen molar-refractivity contribution in [3.05, 3.63) is 24.3 Å². The van der Waals surface area contributed by atoms with Crippen molar-refractivity contribution >= 4 is 39.5 Å². The Bertz CT molecular complexity index is 1890. The fourth-order valence-corrected chi connectivity index (χ4v) is 12.1. The number of carbonyl (C=O) groups excluding carboxylic acids is 4. The number of hydrogen-bond donors (Lipinski definition) is 3. The van der Waals surface area contributed by atoms with Crippen molar-refractivity contribution in [3.63, 3.8) is 0 Å². The molecule has 0 aromatic carbocycles. The summed E-state index contributed by atoms with van der Waals surface area (Å²) in [6.45, 7) is 11.7. The monoisotopic (exact) mass is 1350 g/mol. The number of phosphoric acid groups is 2. The Labute approximate surface area is 561 Å². The van der Waals surface area contributed by atoms with E-state index in [-0.39, 0.29) is 25.7 Å². The van der Waals surface area contributed by atoms with Gasteiger partial charge in [-0.2, -0.15) is 0 Å². The molecule has 0 aromatic rings. The Kier molecular flexibility index (Phi) is 61.6. The zero-order valence-electron chi connectivity index (χ0n) is 59.5. The Morgan fingerprint density at radius 1 is 0.337 bits per heavy atom. The third kappa shape index (κ3) is 66.2. The first-order valence-corrected chi connectivity index (χ1v) is 40.2. The molecule has 542 valence electrons. The molecule has 3 unspecified atom stereocenters. The highest BCUT2D eigenvalue weighted by Gasteiger charge is 2.30. The molecule has 0 saturated heterocycles. The third-order valence-electron chi connectivity index (χ3n) is 16.3. The van der Waals surface area contributed by atoms with Crippen LogP contribution < -0.4 is 0 Å². The van der Waals surface area contributed by atoms with E-state index in [1.807, 2.05) is 0 Å². The Balaban J connectivity index is 5.28. The largest absolute Gasteiger partial charge is 0.472 e. The molecule has 0 amide bonds. The van der Waals surface area contributed by atoms with Gasteiger partial charge >= 0.3 is 39.5 Å². The molecule has 0 aliphatic heterocycles. The number of phosphoric ester groups is 2. The summed E-state index contributed by atoms with van der Waals surface area (Å²) < 4.78 is 68.3. The minimum absolute atomic E-state index is 0.0846. The lowest BCUT2D eigenvalue weighted by Gasteiger charge is -2.21. The maximum absolute atomic E-state index is 13.0. The van der Waals surface area contributed by atoms with E-state index in [4.69, 9.17) is 37.0 Å². The molecule has 0 radical (unpaired) electrons. The van der Waals surface area contributed by atoms with Gasteiger partial charge in [-0.3, -0.25) is 37.3 Å². The number of hydrogen-bond acceptors (Lipinski definition) is 15. The summed E-state index contributed by atoms with van der Waals surface area (Å²) >= 11 is 0. The molecular weight excluding hydrogens is 1210 g/mol. The second kappa shape index (κ2) is 63.3. The van der Waals surface area contributed by atoms with Crippen molar-refractivity contribution in [2.45, 2.75) is 362 Å². The van der Waals surface area contributed by atoms with Crippen LogP contribution in [0.2, 0.25) is 0 Å². The van der Waals surface area contributed by atoms with E-state index in [0.717, 1.165) is 115 Å². The Morgan fingerprint density at radius 3 is 0.880 bits per heavy atom. The molecule has 0 aliphatic rings. The molecule has 0 fully saturated rings. The van der Waals surface area contributed by atoms with Crippen LogP contribution >= 0.6 is 15.6 Å². The summed E-state index contributed by atoms with van der Waals surface area (Å²) in [5, 5.41) is 10.6. The van der Waals surface area contributed by atoms with Crippen LogP contribution in [-0.4, -0.2) is 96.7 Å². The van der Waals surface area contributed by atoms with Crippen molar-refractivity contribution in [2.24, 2.45) is 17.8 Å². The second-order valence-corrected chi connectivity index (χ2v) is 30.0. The lowest BCUT2D eigenvalue weighted by atomic mass is 10.0. The summed E-state index contributed by atoms with van der Waals surface area (Å²) in [6, 6.07) is 0. The van der Waals surface area contributed by atoms with Gasteiger partial charge in [-0.1, -0.05) is 291 Å². The van der Waals surface area contributed by atoms with Gasteiger partial charge in [-0.15, -0.1) is 0 Å². The summed E-state index contributed by atoms with van der Waals surface area (Å²) in [7, 11) is -9.92. The van der Waals surface area contributed by atoms with E-state index in [1.54, 1.807) is 0 Å². The molecule has 0 aromatic heterocycles. The number of carbonyl (C=O) groups is 4. The molecule has 92 heavy (non-hydrogen) atoms. The van der Waals surface area contributed by atoms with Gasteiger partial charge < -0.3 is 33.8 Å². The van der Waals surface area contributed by atoms with Gasteiger partial charge in [0, 0.05) is 25.7 Å². The molecule has 5 atom stereocenters. The predicted octanol–water partition coefficient (Wildman–Crippen LogP) is 20.6. The van der Waals surface area contributed by atoms with Gasteiger partial charge in [0.25, 0.3) is 0 Å². The van der Waals surface area contributed by atoms with Gasteiger partial charge in [-0.05, 0) is 69.1 Å². The summed E-state index contributed by atoms with van der Waals surface area (Å²) in [5.41, 5.74) is 0. The number of aliphatic hydroxyl groups excluding tert-OH is 1. The summed E-state index contributed by atoms with van der Waals surface area (Å²) in [4.78, 5) is 72.6. The normalized spacial score (nSPS) is 14.3. The van der Waals surface area contributed by atoms with Crippen molar-refractivity contribution in [1.29, 1.82) is 0 Å². The van der Waals surface area contributed by atoms with E-state index >= 15 is 0 Å². The quantitative estimate of drug-likeness (QED) is 0.0169. The number of ether oxygens (including phenoxy) is 4. The van der Waals surface area contributed by atoms with Crippen LogP contribution in [-0.2, 0) is 65.4 Å². The average Bonchev–Trinajstić information content (AvgIpc) is 3.37. The predicted molar refractivity (Wildman–Crippen MR) is 372 cm³/mol.